The van der Waals surface area contributed by atoms with Crippen LogP contribution < -0.4 is 31.9 Å². The SMILES string of the molecule is O=C(CO)Nc1c(I)c(C(=O)NCC(O)CO)c(I)c(C(=O)NC[C@@H](O)[C@@H](O)CNC(=O)c2c(I)c(NC(=O)CO)c(I)c(C(=O)NCC(O)CO)c2I)c1I. The summed E-state index contributed by atoms with van der Waals surface area (Å²) in [6.45, 7) is -4.97. The number of nitrogens with one attached hydrogen (secondary N) is 6. The number of benzene rings is 2. The third-order valence-electron chi connectivity index (χ3n) is 7.16. The Balaban J connectivity index is 2.35. The van der Waals surface area contributed by atoms with Crippen LogP contribution in [0.5, 0.6) is 0 Å². The van der Waals surface area contributed by atoms with Gasteiger partial charge in [0.2, 0.25) is 11.8 Å². The van der Waals surface area contributed by atoms with Crippen molar-refractivity contribution in [2.24, 2.45) is 0 Å². The topological polar surface area (TPSA) is 336 Å². The van der Waals surface area contributed by atoms with Gasteiger partial charge in [-0.1, -0.05) is 0 Å². The maximum atomic E-state index is 13.5. The Bertz CT molecular complexity index is 1710. The van der Waals surface area contributed by atoms with Crippen LogP contribution in [0.2, 0.25) is 0 Å². The van der Waals surface area contributed by atoms with Crippen LogP contribution in [0.1, 0.15) is 41.4 Å². The van der Waals surface area contributed by atoms with Crippen molar-refractivity contribution in [1.29, 1.82) is 0 Å². The first-order valence-electron chi connectivity index (χ1n) is 15.6. The number of hydrogen-bond acceptors (Lipinski definition) is 14. The van der Waals surface area contributed by atoms with Crippen molar-refractivity contribution in [3.63, 3.8) is 0 Å². The van der Waals surface area contributed by atoms with E-state index in [2.05, 4.69) is 31.9 Å². The molecule has 2 aromatic carbocycles. The number of rotatable bonds is 19. The summed E-state index contributed by atoms with van der Waals surface area (Å²) in [5, 5.41) is 92.3. The maximum Gasteiger partial charge on any atom is 0.253 e. The summed E-state index contributed by atoms with van der Waals surface area (Å²) in [4.78, 5) is 77.6. The van der Waals surface area contributed by atoms with Gasteiger partial charge in [-0.15, -0.1) is 0 Å². The lowest BCUT2D eigenvalue weighted by Crippen LogP contribution is -2.45. The molecule has 0 fully saturated rings. The summed E-state index contributed by atoms with van der Waals surface area (Å²) >= 11 is 10.5. The molecular formula is C30H34I6N6O14. The predicted octanol–water partition coefficient (Wildman–Crippen LogP) is -1.78. The number of halogens is 6. The molecule has 14 N–H and O–H groups in total. The van der Waals surface area contributed by atoms with Crippen molar-refractivity contribution in [1.82, 2.24) is 21.3 Å². The van der Waals surface area contributed by atoms with E-state index in [1.165, 1.54) is 0 Å². The zero-order valence-corrected chi connectivity index (χ0v) is 41.2. The molecule has 4 atom stereocenters. The molecule has 2 unspecified atom stereocenters. The molecule has 0 saturated heterocycles. The molecule has 6 amide bonds. The molecule has 0 aliphatic heterocycles. The Kier molecular flexibility index (Phi) is 22.6. The van der Waals surface area contributed by atoms with Gasteiger partial charge in [0.25, 0.3) is 23.6 Å². The van der Waals surface area contributed by atoms with Gasteiger partial charge >= 0.3 is 0 Å². The quantitative estimate of drug-likeness (QED) is 0.0693. The number of anilines is 2. The molecule has 0 saturated carbocycles. The monoisotopic (exact) mass is 1460 g/mol. The van der Waals surface area contributed by atoms with Crippen LogP contribution in [0.3, 0.4) is 0 Å². The maximum absolute atomic E-state index is 13.5. The Hall–Kier alpha value is -0.680. The highest BCUT2D eigenvalue weighted by atomic mass is 127. The minimum atomic E-state index is -1.69. The number of aliphatic hydroxyl groups is 8. The van der Waals surface area contributed by atoms with Crippen LogP contribution >= 0.6 is 136 Å². The molecule has 56 heavy (non-hydrogen) atoms. The molecule has 20 nitrogen and oxygen atoms in total. The summed E-state index contributed by atoms with van der Waals surface area (Å²) in [5.74, 6) is -4.95. The molecule has 2 rings (SSSR count). The first kappa shape index (κ1) is 51.5. The van der Waals surface area contributed by atoms with Crippen LogP contribution in [0, 0.1) is 21.4 Å². The second-order valence-corrected chi connectivity index (χ2v) is 17.7. The van der Waals surface area contributed by atoms with Gasteiger partial charge < -0.3 is 72.8 Å². The predicted molar refractivity (Wildman–Crippen MR) is 248 cm³/mol. The fourth-order valence-electron chi connectivity index (χ4n) is 4.27. The molecular weight excluding hydrogens is 1430 g/mol. The minimum absolute atomic E-state index is 0.00862. The first-order valence-corrected chi connectivity index (χ1v) is 22.0. The smallest absolute Gasteiger partial charge is 0.253 e. The Morgan fingerprint density at radius 1 is 0.429 bits per heavy atom. The lowest BCUT2D eigenvalue weighted by molar-refractivity contribution is -0.119. The summed E-state index contributed by atoms with van der Waals surface area (Å²) in [7, 11) is 0. The number of hydrogen-bond donors (Lipinski definition) is 14. The van der Waals surface area contributed by atoms with Crippen molar-refractivity contribution < 1.29 is 69.6 Å². The number of carbonyl (C=O) groups excluding carboxylic acids is 6. The second kappa shape index (κ2) is 24.5. The van der Waals surface area contributed by atoms with Crippen LogP contribution in [0.4, 0.5) is 11.4 Å². The molecule has 310 valence electrons. The van der Waals surface area contributed by atoms with Crippen LogP contribution in [-0.4, -0.2) is 153 Å². The molecule has 0 aliphatic carbocycles. The van der Waals surface area contributed by atoms with Crippen molar-refractivity contribution in [2.45, 2.75) is 24.4 Å². The van der Waals surface area contributed by atoms with E-state index in [-0.39, 0.29) is 68.1 Å². The molecule has 0 radical (unpaired) electrons. The van der Waals surface area contributed by atoms with E-state index in [1.807, 2.05) is 0 Å². The molecule has 0 heterocycles. The summed E-state index contributed by atoms with van der Waals surface area (Å²) in [6.07, 6.45) is -5.95. The fraction of sp³-hybridized carbons (Fsp3) is 0.400. The van der Waals surface area contributed by atoms with Gasteiger partial charge in [0.1, 0.15) is 13.2 Å². The first-order chi connectivity index (χ1) is 26.3. The highest BCUT2D eigenvalue weighted by Crippen LogP contribution is 2.37. The van der Waals surface area contributed by atoms with Crippen LogP contribution in [0.25, 0.3) is 0 Å². The van der Waals surface area contributed by atoms with Crippen LogP contribution in [0.15, 0.2) is 0 Å². The van der Waals surface area contributed by atoms with Gasteiger partial charge in [-0.25, -0.2) is 0 Å². The van der Waals surface area contributed by atoms with Gasteiger partial charge in [0.05, 0.1) is 85.5 Å². The van der Waals surface area contributed by atoms with E-state index in [4.69, 9.17) is 10.2 Å². The second-order valence-electron chi connectivity index (χ2n) is 11.2. The van der Waals surface area contributed by atoms with E-state index >= 15 is 0 Å². The molecule has 0 aromatic heterocycles. The van der Waals surface area contributed by atoms with E-state index in [0.29, 0.717) is 0 Å². The third-order valence-corrected chi connectivity index (χ3v) is 13.6. The Morgan fingerprint density at radius 3 is 0.911 bits per heavy atom. The van der Waals surface area contributed by atoms with Crippen molar-refractivity contribution >= 4 is 182 Å². The number of carbonyl (C=O) groups is 6. The van der Waals surface area contributed by atoms with E-state index in [9.17, 15) is 59.4 Å². The molecule has 0 spiro atoms. The lowest BCUT2D eigenvalue weighted by atomic mass is 10.1. The van der Waals surface area contributed by atoms with Gasteiger partial charge in [0.15, 0.2) is 0 Å². The Morgan fingerprint density at radius 2 is 0.679 bits per heavy atom. The Labute approximate surface area is 399 Å². The lowest BCUT2D eigenvalue weighted by Gasteiger charge is -2.22. The van der Waals surface area contributed by atoms with E-state index in [1.54, 1.807) is 136 Å². The van der Waals surface area contributed by atoms with Gasteiger partial charge in [0, 0.05) is 33.3 Å². The average molecular weight is 1460 g/mol. The molecule has 2 aromatic rings. The highest BCUT2D eigenvalue weighted by Gasteiger charge is 2.31. The largest absolute Gasteiger partial charge is 0.394 e. The fourth-order valence-corrected chi connectivity index (χ4v) is 13.1. The average Bonchev–Trinajstić information content (AvgIpc) is 3.16. The minimum Gasteiger partial charge on any atom is -0.394 e. The van der Waals surface area contributed by atoms with Crippen molar-refractivity contribution in [3.05, 3.63) is 43.7 Å². The van der Waals surface area contributed by atoms with Crippen molar-refractivity contribution in [3.8, 4) is 0 Å². The summed E-state index contributed by atoms with van der Waals surface area (Å²) in [5.41, 5.74) is -0.397. The van der Waals surface area contributed by atoms with Crippen molar-refractivity contribution in [2.75, 3.05) is 63.2 Å². The summed E-state index contributed by atoms with van der Waals surface area (Å²) in [6, 6.07) is 0. The molecule has 0 aliphatic rings. The number of amides is 6. The van der Waals surface area contributed by atoms with E-state index < -0.39 is 99.4 Å². The highest BCUT2D eigenvalue weighted by molar-refractivity contribution is 14.1. The number of aliphatic hydroxyl groups excluding tert-OH is 8. The zero-order valence-electron chi connectivity index (χ0n) is 28.3. The van der Waals surface area contributed by atoms with Gasteiger partial charge in [-0.05, 0) is 136 Å². The molecule has 26 heteroatoms. The summed E-state index contributed by atoms with van der Waals surface area (Å²) < 4.78 is 0.875. The zero-order chi connectivity index (χ0) is 42.6. The van der Waals surface area contributed by atoms with Gasteiger partial charge in [-0.3, -0.25) is 28.8 Å². The normalized spacial score (nSPS) is 13.2. The van der Waals surface area contributed by atoms with Crippen LogP contribution in [-0.2, 0) is 9.59 Å². The van der Waals surface area contributed by atoms with Gasteiger partial charge in [-0.2, -0.15) is 0 Å². The standard InChI is InChI=1S/C30H34I6N6O14/c31-19-15(27(53)37-1-9(47)5-43)21(33)25(41-13(51)7-45)23(35)17(19)29(55)39-3-11(49)12(50)4-40-30(56)18-20(32)16(28(54)38-2-10(48)6-44)22(34)26(24(18)36)42-14(52)8-46/h9-12,43-50H,1-8H2,(H,37,53)(H,38,54)(H,39,55)(H,40,56)(H,41,51)(H,42,52)/t9?,10?,11-,12+. The van der Waals surface area contributed by atoms with E-state index in [0.717, 1.165) is 0 Å². The molecule has 0 bridgehead atoms. The third kappa shape index (κ3) is 13.7.